The number of likely N-dealkylation sites (N-methyl/N-ethyl adjacent to an activating group) is 1. The minimum atomic E-state index is 0.348. The summed E-state index contributed by atoms with van der Waals surface area (Å²) in [6.45, 7) is 26.5. The highest BCUT2D eigenvalue weighted by Crippen LogP contribution is 2.35. The van der Waals surface area contributed by atoms with Gasteiger partial charge >= 0.3 is 0 Å². The number of allylic oxidation sites excluding steroid dienone is 6. The first-order valence-electron chi connectivity index (χ1n) is 17.4. The lowest BCUT2D eigenvalue weighted by Gasteiger charge is -2.39. The molecular formula is C40H66N4S. The molecule has 0 aliphatic heterocycles. The highest BCUT2D eigenvalue weighted by atomic mass is 32.1. The van der Waals surface area contributed by atoms with E-state index in [1.165, 1.54) is 29.1 Å². The second-order valence-electron chi connectivity index (χ2n) is 13.3. The maximum atomic E-state index is 5.56. The number of hydrogen-bond donors (Lipinski definition) is 2. The van der Waals surface area contributed by atoms with Crippen LogP contribution >= 0.6 is 11.3 Å². The summed E-state index contributed by atoms with van der Waals surface area (Å²) in [6, 6.07) is 0.816. The van der Waals surface area contributed by atoms with Gasteiger partial charge in [0.05, 0.1) is 10.7 Å². The Balaban J connectivity index is 3.11. The Labute approximate surface area is 282 Å². The molecule has 45 heavy (non-hydrogen) atoms. The molecule has 3 atom stereocenters. The summed E-state index contributed by atoms with van der Waals surface area (Å²) in [6.07, 6.45) is 26.8. The van der Waals surface area contributed by atoms with Crippen LogP contribution in [0.5, 0.6) is 0 Å². The van der Waals surface area contributed by atoms with Gasteiger partial charge in [-0.25, -0.2) is 4.98 Å². The molecule has 0 fully saturated rings. The SMILES string of the molecule is C#CCCCCN(C(=C)CCCC)C(CC(CC(=C)C)c1nc(CNC(C/C=C/C=C(\C=C/C)NC)CC(C)C)cs1)C(C)C. The lowest BCUT2D eigenvalue weighted by molar-refractivity contribution is 0.171. The van der Waals surface area contributed by atoms with Crippen LogP contribution in [0.2, 0.25) is 0 Å². The summed E-state index contributed by atoms with van der Waals surface area (Å²) < 4.78 is 0. The fourth-order valence-electron chi connectivity index (χ4n) is 5.82. The largest absolute Gasteiger partial charge is 0.388 e. The summed E-state index contributed by atoms with van der Waals surface area (Å²) in [7, 11) is 1.96. The fourth-order valence-corrected chi connectivity index (χ4v) is 6.76. The zero-order chi connectivity index (χ0) is 33.6. The highest BCUT2D eigenvalue weighted by Gasteiger charge is 2.28. The molecule has 0 saturated heterocycles. The van der Waals surface area contributed by atoms with E-state index in [9.17, 15) is 0 Å². The lowest BCUT2D eigenvalue weighted by atomic mass is 9.87. The van der Waals surface area contributed by atoms with Crippen molar-refractivity contribution in [1.29, 1.82) is 0 Å². The maximum absolute atomic E-state index is 5.56. The van der Waals surface area contributed by atoms with E-state index in [4.69, 9.17) is 11.4 Å². The quantitative estimate of drug-likeness (QED) is 0.0486. The van der Waals surface area contributed by atoms with Crippen molar-refractivity contribution in [3.05, 3.63) is 76.6 Å². The van der Waals surface area contributed by atoms with E-state index in [-0.39, 0.29) is 0 Å². The van der Waals surface area contributed by atoms with Gasteiger partial charge in [-0.1, -0.05) is 71.4 Å². The van der Waals surface area contributed by atoms with Crippen LogP contribution in [0, 0.1) is 24.2 Å². The van der Waals surface area contributed by atoms with Crippen LogP contribution in [-0.2, 0) is 6.54 Å². The van der Waals surface area contributed by atoms with Gasteiger partial charge in [0, 0.05) is 61.3 Å². The summed E-state index contributed by atoms with van der Waals surface area (Å²) >= 11 is 1.82. The van der Waals surface area contributed by atoms with E-state index < -0.39 is 0 Å². The van der Waals surface area contributed by atoms with Gasteiger partial charge in [-0.3, -0.25) is 0 Å². The van der Waals surface area contributed by atoms with E-state index >= 15 is 0 Å². The van der Waals surface area contributed by atoms with Crippen molar-refractivity contribution < 1.29 is 0 Å². The Morgan fingerprint density at radius 1 is 1.16 bits per heavy atom. The number of thiazole rings is 1. The Morgan fingerprint density at radius 2 is 1.91 bits per heavy atom. The Kier molecular flexibility index (Phi) is 21.4. The number of aromatic nitrogens is 1. The molecule has 1 rings (SSSR count). The van der Waals surface area contributed by atoms with E-state index in [0.29, 0.717) is 29.8 Å². The zero-order valence-electron chi connectivity index (χ0n) is 30.1. The molecule has 4 nitrogen and oxygen atoms in total. The van der Waals surface area contributed by atoms with Gasteiger partial charge in [-0.2, -0.15) is 0 Å². The summed E-state index contributed by atoms with van der Waals surface area (Å²) in [5.74, 6) is 4.29. The number of nitrogens with zero attached hydrogens (tertiary/aromatic N) is 2. The number of hydrogen-bond acceptors (Lipinski definition) is 5. The number of unbranched alkanes of at least 4 members (excludes halogenated alkanes) is 3. The van der Waals surface area contributed by atoms with Crippen LogP contribution in [0.3, 0.4) is 0 Å². The predicted octanol–water partition coefficient (Wildman–Crippen LogP) is 10.5. The van der Waals surface area contributed by atoms with Crippen molar-refractivity contribution >= 4 is 11.3 Å². The first-order chi connectivity index (χ1) is 21.6. The highest BCUT2D eigenvalue weighted by molar-refractivity contribution is 7.09. The second kappa shape index (κ2) is 23.7. The van der Waals surface area contributed by atoms with Gasteiger partial charge in [-0.05, 0) is 89.2 Å². The van der Waals surface area contributed by atoms with Crippen molar-refractivity contribution in [3.63, 3.8) is 0 Å². The van der Waals surface area contributed by atoms with Crippen molar-refractivity contribution in [2.45, 2.75) is 137 Å². The predicted molar refractivity (Wildman–Crippen MR) is 201 cm³/mol. The Bertz CT molecular complexity index is 1100. The van der Waals surface area contributed by atoms with Crippen molar-refractivity contribution in [2.75, 3.05) is 13.6 Å². The number of terminal acetylenes is 1. The van der Waals surface area contributed by atoms with E-state index in [1.807, 2.05) is 31.4 Å². The van der Waals surface area contributed by atoms with Crippen LogP contribution in [0.4, 0.5) is 0 Å². The Morgan fingerprint density at radius 3 is 2.51 bits per heavy atom. The molecule has 0 aliphatic carbocycles. The van der Waals surface area contributed by atoms with Crippen molar-refractivity contribution in [1.82, 2.24) is 20.5 Å². The molecule has 0 spiro atoms. The first kappa shape index (κ1) is 40.5. The fraction of sp³-hybridized carbons (Fsp3) is 0.625. The molecule has 3 unspecified atom stereocenters. The van der Waals surface area contributed by atoms with Gasteiger partial charge in [0.1, 0.15) is 0 Å². The minimum absolute atomic E-state index is 0.348. The van der Waals surface area contributed by atoms with Crippen LogP contribution in [-0.4, -0.2) is 35.6 Å². The maximum Gasteiger partial charge on any atom is 0.0963 e. The third-order valence-electron chi connectivity index (χ3n) is 8.20. The van der Waals surface area contributed by atoms with Crippen molar-refractivity contribution in [2.24, 2.45) is 11.8 Å². The van der Waals surface area contributed by atoms with Gasteiger partial charge < -0.3 is 15.5 Å². The third-order valence-corrected chi connectivity index (χ3v) is 9.26. The average Bonchev–Trinajstić information content (AvgIpc) is 3.47. The van der Waals surface area contributed by atoms with Gasteiger partial charge in [0.15, 0.2) is 0 Å². The Hall–Kier alpha value is -2.55. The lowest BCUT2D eigenvalue weighted by Crippen LogP contribution is -2.40. The summed E-state index contributed by atoms with van der Waals surface area (Å²) in [4.78, 5) is 7.85. The number of rotatable bonds is 25. The molecule has 0 aromatic carbocycles. The molecule has 0 bridgehead atoms. The second-order valence-corrected chi connectivity index (χ2v) is 14.2. The van der Waals surface area contributed by atoms with E-state index in [0.717, 1.165) is 75.8 Å². The van der Waals surface area contributed by atoms with E-state index in [2.05, 4.69) is 106 Å². The molecule has 5 heteroatoms. The van der Waals surface area contributed by atoms with Gasteiger partial charge in [0.2, 0.25) is 0 Å². The molecule has 0 saturated carbocycles. The number of nitrogens with one attached hydrogen (secondary N) is 2. The normalized spacial score (nSPS) is 14.3. The molecule has 1 aromatic rings. The molecule has 1 heterocycles. The first-order valence-corrected chi connectivity index (χ1v) is 18.3. The molecular weight excluding hydrogens is 569 g/mol. The molecule has 0 radical (unpaired) electrons. The summed E-state index contributed by atoms with van der Waals surface area (Å²) in [5.41, 5.74) is 4.75. The van der Waals surface area contributed by atoms with Crippen LogP contribution in [0.15, 0.2) is 65.9 Å². The van der Waals surface area contributed by atoms with Gasteiger partial charge in [0.25, 0.3) is 0 Å². The van der Waals surface area contributed by atoms with Gasteiger partial charge in [-0.15, -0.1) is 30.3 Å². The minimum Gasteiger partial charge on any atom is -0.388 e. The molecule has 252 valence electrons. The van der Waals surface area contributed by atoms with E-state index in [1.54, 1.807) is 0 Å². The molecule has 2 N–H and O–H groups in total. The topological polar surface area (TPSA) is 40.2 Å². The zero-order valence-corrected chi connectivity index (χ0v) is 30.9. The van der Waals surface area contributed by atoms with Crippen LogP contribution < -0.4 is 10.6 Å². The smallest absolute Gasteiger partial charge is 0.0963 e. The van der Waals surface area contributed by atoms with Crippen LogP contribution in [0.25, 0.3) is 0 Å². The standard InChI is InChI=1S/C40H66N4S/c1-12-15-17-20-25-44(34(10)22-16-13-2)39(33(8)9)28-35(26-31(4)5)40-43-38(30-45-40)29-42-37(27-32(6)7)24-19-18-23-36(41-11)21-14-3/h1,14,18-19,21,23,30,32-33,35,37,39,41-42H,4,10,13,15-17,20,22,24-29H2,2-3,5-9,11H3/b19-18+,21-14-,36-23+. The third kappa shape index (κ3) is 17.1. The molecule has 0 amide bonds. The van der Waals surface area contributed by atoms with Crippen molar-refractivity contribution in [3.8, 4) is 12.3 Å². The summed E-state index contributed by atoms with van der Waals surface area (Å²) in [5, 5.41) is 10.5. The monoisotopic (exact) mass is 635 g/mol. The molecule has 0 aliphatic rings. The average molecular weight is 635 g/mol. The van der Waals surface area contributed by atoms with Crippen LogP contribution in [0.1, 0.15) is 129 Å². The molecule has 1 aromatic heterocycles.